The molecule has 4 nitrogen and oxygen atoms in total. The van der Waals surface area contributed by atoms with Gasteiger partial charge in [0.1, 0.15) is 0 Å². The highest BCUT2D eigenvalue weighted by Crippen LogP contribution is 2.12. The Balaban J connectivity index is 2.14. The Labute approximate surface area is 127 Å². The molecule has 0 aliphatic rings. The summed E-state index contributed by atoms with van der Waals surface area (Å²) in [5.74, 6) is 0. The van der Waals surface area contributed by atoms with E-state index in [0.717, 1.165) is 11.1 Å². The van der Waals surface area contributed by atoms with Crippen molar-refractivity contribution in [2.45, 2.75) is 0 Å². The largest absolute Gasteiger partial charge is 0.399 e. The third kappa shape index (κ3) is 4.56. The second kappa shape index (κ2) is 7.33. The third-order valence-electron chi connectivity index (χ3n) is 2.72. The Bertz CT molecular complexity index is 839. The third-order valence-corrected chi connectivity index (χ3v) is 2.72. The molecule has 0 fully saturated rings. The van der Waals surface area contributed by atoms with Gasteiger partial charge in [0.05, 0.1) is 4.92 Å². The van der Waals surface area contributed by atoms with Crippen LogP contribution in [-0.4, -0.2) is 4.92 Å². The number of nitro benzene ring substituents is 1. The molecule has 0 spiro atoms. The first-order chi connectivity index (χ1) is 10.6. The van der Waals surface area contributed by atoms with E-state index in [2.05, 4.69) is 22.9 Å². The standard InChI is InChI=1S/C18H12N2O2/c19-17-11-7-15(8-12-17)5-3-1-2-4-6-16-9-13-18(14-10-16)20(21)22/h5-14H,19H2. The number of nitrogen functional groups attached to an aromatic ring is 1. The number of nitrogens with zero attached hydrogens (tertiary/aromatic N) is 1. The van der Waals surface area contributed by atoms with Crippen molar-refractivity contribution in [3.05, 3.63) is 92.7 Å². The molecule has 2 N–H and O–H groups in total. The normalized spacial score (nSPS) is 8.73. The Morgan fingerprint density at radius 3 is 1.77 bits per heavy atom. The first-order valence-corrected chi connectivity index (χ1v) is 6.42. The number of benzene rings is 2. The molecule has 0 aliphatic heterocycles. The van der Waals surface area contributed by atoms with Crippen molar-refractivity contribution in [1.29, 1.82) is 0 Å². The average molecular weight is 288 g/mol. The van der Waals surface area contributed by atoms with Gasteiger partial charge in [-0.25, -0.2) is 0 Å². The van der Waals surface area contributed by atoms with Gasteiger partial charge in [0.15, 0.2) is 0 Å². The zero-order chi connectivity index (χ0) is 15.8. The lowest BCUT2D eigenvalue weighted by Crippen LogP contribution is -1.86. The molecule has 2 rings (SSSR count). The van der Waals surface area contributed by atoms with E-state index in [1.54, 1.807) is 24.3 Å². The molecule has 106 valence electrons. The molecule has 0 bridgehead atoms. The summed E-state index contributed by atoms with van der Waals surface area (Å²) >= 11 is 0. The molecule has 0 atom stereocenters. The number of anilines is 1. The van der Waals surface area contributed by atoms with Crippen LogP contribution < -0.4 is 5.73 Å². The topological polar surface area (TPSA) is 69.2 Å². The quantitative estimate of drug-likeness (QED) is 0.402. The van der Waals surface area contributed by atoms with Crippen LogP contribution in [0.1, 0.15) is 11.1 Å². The minimum Gasteiger partial charge on any atom is -0.399 e. The maximum atomic E-state index is 10.5. The van der Waals surface area contributed by atoms with Crippen molar-refractivity contribution in [3.63, 3.8) is 0 Å². The Kier molecular flexibility index (Phi) is 4.96. The van der Waals surface area contributed by atoms with Gasteiger partial charge in [0.2, 0.25) is 0 Å². The number of nitrogens with two attached hydrogens (primary N) is 1. The first kappa shape index (κ1) is 14.9. The molecule has 0 heterocycles. The lowest BCUT2D eigenvalue weighted by Gasteiger charge is -1.91. The molecule has 2 aromatic carbocycles. The van der Waals surface area contributed by atoms with E-state index in [1.165, 1.54) is 12.1 Å². The van der Waals surface area contributed by atoms with Crippen LogP contribution in [0.3, 0.4) is 0 Å². The summed E-state index contributed by atoms with van der Waals surface area (Å²) in [6, 6.07) is 13.5. The molecule has 0 aromatic heterocycles. The predicted octanol–water partition coefficient (Wildman–Crippen LogP) is 3.97. The molecule has 22 heavy (non-hydrogen) atoms. The molecular formula is C18H12N2O2. The van der Waals surface area contributed by atoms with Crippen LogP contribution in [-0.2, 0) is 0 Å². The second-order valence-corrected chi connectivity index (χ2v) is 4.34. The van der Waals surface area contributed by atoms with E-state index in [1.807, 2.05) is 24.3 Å². The fourth-order valence-electron chi connectivity index (χ4n) is 1.60. The fraction of sp³-hybridized carbons (Fsp3) is 0. The zero-order valence-electron chi connectivity index (χ0n) is 11.6. The van der Waals surface area contributed by atoms with Crippen LogP contribution in [0.15, 0.2) is 71.5 Å². The number of nitro groups is 1. The van der Waals surface area contributed by atoms with E-state index in [-0.39, 0.29) is 5.69 Å². The highest BCUT2D eigenvalue weighted by molar-refractivity contribution is 5.53. The van der Waals surface area contributed by atoms with Crippen LogP contribution in [0, 0.1) is 10.1 Å². The molecule has 0 unspecified atom stereocenters. The van der Waals surface area contributed by atoms with Gasteiger partial charge in [-0.3, -0.25) is 10.1 Å². The van der Waals surface area contributed by atoms with E-state index in [9.17, 15) is 10.1 Å². The van der Waals surface area contributed by atoms with Crippen LogP contribution in [0.4, 0.5) is 11.4 Å². The summed E-state index contributed by atoms with van der Waals surface area (Å²) < 4.78 is 0. The van der Waals surface area contributed by atoms with Gasteiger partial charge in [-0.2, -0.15) is 0 Å². The van der Waals surface area contributed by atoms with Crippen LogP contribution in [0.5, 0.6) is 0 Å². The molecular weight excluding hydrogens is 276 g/mol. The fourth-order valence-corrected chi connectivity index (χ4v) is 1.60. The number of non-ortho nitro benzene ring substituents is 1. The SMILES string of the molecule is Nc1ccc(C=C=C=C=C=Cc2ccc([N+](=O)[O-])cc2)cc1. The Morgan fingerprint density at radius 1 is 0.864 bits per heavy atom. The van der Waals surface area contributed by atoms with Crippen molar-refractivity contribution in [1.82, 2.24) is 0 Å². The molecule has 0 amide bonds. The summed E-state index contributed by atoms with van der Waals surface area (Å²) in [4.78, 5) is 10.1. The molecule has 0 saturated heterocycles. The van der Waals surface area contributed by atoms with Gasteiger partial charge in [-0.05, 0) is 59.0 Å². The van der Waals surface area contributed by atoms with Crippen molar-refractivity contribution in [3.8, 4) is 0 Å². The summed E-state index contributed by atoms with van der Waals surface area (Å²) in [5, 5.41) is 10.5. The minimum absolute atomic E-state index is 0.0583. The number of rotatable bonds is 3. The highest BCUT2D eigenvalue weighted by atomic mass is 16.6. The predicted molar refractivity (Wildman–Crippen MR) is 86.9 cm³/mol. The average Bonchev–Trinajstić information content (AvgIpc) is 2.53. The Morgan fingerprint density at radius 2 is 1.32 bits per heavy atom. The first-order valence-electron chi connectivity index (χ1n) is 6.42. The van der Waals surface area contributed by atoms with E-state index in [0.29, 0.717) is 5.69 Å². The number of hydrogen-bond acceptors (Lipinski definition) is 3. The highest BCUT2D eigenvalue weighted by Gasteiger charge is 2.01. The van der Waals surface area contributed by atoms with Crippen LogP contribution in [0.2, 0.25) is 0 Å². The van der Waals surface area contributed by atoms with E-state index >= 15 is 0 Å². The lowest BCUT2D eigenvalue weighted by molar-refractivity contribution is -0.384. The van der Waals surface area contributed by atoms with Gasteiger partial charge in [-0.15, -0.1) is 0 Å². The van der Waals surface area contributed by atoms with Crippen molar-refractivity contribution >= 4 is 23.5 Å². The van der Waals surface area contributed by atoms with Crippen LogP contribution in [0.25, 0.3) is 12.2 Å². The van der Waals surface area contributed by atoms with Gasteiger partial charge in [0, 0.05) is 17.8 Å². The Hall–Kier alpha value is -3.50. The van der Waals surface area contributed by atoms with Crippen molar-refractivity contribution < 1.29 is 4.92 Å². The minimum atomic E-state index is -0.437. The maximum absolute atomic E-state index is 10.5. The van der Waals surface area contributed by atoms with E-state index in [4.69, 9.17) is 5.73 Å². The van der Waals surface area contributed by atoms with Gasteiger partial charge >= 0.3 is 0 Å². The van der Waals surface area contributed by atoms with Gasteiger partial charge < -0.3 is 5.73 Å². The smallest absolute Gasteiger partial charge is 0.269 e. The second-order valence-electron chi connectivity index (χ2n) is 4.34. The molecule has 0 radical (unpaired) electrons. The molecule has 0 saturated carbocycles. The van der Waals surface area contributed by atoms with Crippen LogP contribution >= 0.6 is 0 Å². The summed E-state index contributed by atoms with van der Waals surface area (Å²) in [6.07, 6.45) is 3.40. The van der Waals surface area contributed by atoms with Crippen molar-refractivity contribution in [2.24, 2.45) is 0 Å². The number of hydrogen-bond donors (Lipinski definition) is 1. The van der Waals surface area contributed by atoms with Gasteiger partial charge in [0.25, 0.3) is 5.69 Å². The monoisotopic (exact) mass is 288 g/mol. The van der Waals surface area contributed by atoms with E-state index < -0.39 is 4.92 Å². The lowest BCUT2D eigenvalue weighted by atomic mass is 10.2. The summed E-state index contributed by atoms with van der Waals surface area (Å²) in [6.45, 7) is 0. The maximum Gasteiger partial charge on any atom is 0.269 e. The summed E-state index contributed by atoms with van der Waals surface area (Å²) in [7, 11) is 0. The molecule has 2 aromatic rings. The molecule has 0 aliphatic carbocycles. The zero-order valence-corrected chi connectivity index (χ0v) is 11.6. The summed E-state index contributed by atoms with van der Waals surface area (Å²) in [5.41, 5.74) is 19.1. The van der Waals surface area contributed by atoms with Gasteiger partial charge in [-0.1, -0.05) is 23.6 Å². The molecule has 4 heteroatoms. The van der Waals surface area contributed by atoms with Crippen molar-refractivity contribution in [2.75, 3.05) is 5.73 Å².